The van der Waals surface area contributed by atoms with Crippen LogP contribution in [0.25, 0.3) is 16.7 Å². The second kappa shape index (κ2) is 5.37. The highest BCUT2D eigenvalue weighted by molar-refractivity contribution is 5.96. The third-order valence-electron chi connectivity index (χ3n) is 3.83. The van der Waals surface area contributed by atoms with Crippen LogP contribution in [0.5, 0.6) is 11.5 Å². The summed E-state index contributed by atoms with van der Waals surface area (Å²) in [6, 6.07) is 3.82. The molecule has 0 aliphatic carbocycles. The summed E-state index contributed by atoms with van der Waals surface area (Å²) in [7, 11) is 0. The van der Waals surface area contributed by atoms with Crippen LogP contribution < -0.4 is 10.2 Å². The first-order valence-electron chi connectivity index (χ1n) is 7.40. The third-order valence-corrected chi connectivity index (χ3v) is 3.83. The molecule has 0 unspecified atom stereocenters. The van der Waals surface area contributed by atoms with Crippen LogP contribution in [0.4, 0.5) is 8.78 Å². The number of carbonyl (C=O) groups is 1. The topological polar surface area (TPSA) is 70.4 Å². The van der Waals surface area contributed by atoms with E-state index in [1.165, 1.54) is 23.0 Å². The second-order valence-corrected chi connectivity index (χ2v) is 5.29. The van der Waals surface area contributed by atoms with E-state index >= 15 is 0 Å². The number of esters is 1. The van der Waals surface area contributed by atoms with Crippen LogP contribution in [0.2, 0.25) is 0 Å². The summed E-state index contributed by atoms with van der Waals surface area (Å²) < 4.78 is 39.8. The van der Waals surface area contributed by atoms with Gasteiger partial charge in [0, 0.05) is 12.4 Å². The third kappa shape index (κ3) is 2.10. The number of halogens is 2. The Morgan fingerprint density at radius 1 is 1.40 bits per heavy atom. The minimum Gasteiger partial charge on any atom is -0.462 e. The number of pyridine rings is 2. The van der Waals surface area contributed by atoms with E-state index in [1.54, 1.807) is 13.0 Å². The van der Waals surface area contributed by atoms with Crippen LogP contribution in [0.15, 0.2) is 35.4 Å². The summed E-state index contributed by atoms with van der Waals surface area (Å²) in [6.45, 7) is 1.66. The van der Waals surface area contributed by atoms with E-state index in [0.717, 1.165) is 6.07 Å². The lowest BCUT2D eigenvalue weighted by molar-refractivity contribution is 0.0524. The minimum absolute atomic E-state index is 0.00292. The molecule has 0 saturated heterocycles. The van der Waals surface area contributed by atoms with Gasteiger partial charge in [-0.3, -0.25) is 9.36 Å². The number of hydrogen-bond acceptors (Lipinski definition) is 5. The van der Waals surface area contributed by atoms with Gasteiger partial charge in [0.15, 0.2) is 23.1 Å². The number of benzene rings is 1. The van der Waals surface area contributed by atoms with Crippen molar-refractivity contribution < 1.29 is 23.0 Å². The summed E-state index contributed by atoms with van der Waals surface area (Å²) in [4.78, 5) is 28.8. The highest BCUT2D eigenvalue weighted by Crippen LogP contribution is 2.40. The van der Waals surface area contributed by atoms with Crippen LogP contribution >= 0.6 is 0 Å². The highest BCUT2D eigenvalue weighted by Gasteiger charge is 2.29. The number of fused-ring (bicyclic) bond motifs is 2. The van der Waals surface area contributed by atoms with Crippen LogP contribution in [0.3, 0.4) is 0 Å². The van der Waals surface area contributed by atoms with Crippen molar-refractivity contribution in [3.05, 3.63) is 58.0 Å². The fourth-order valence-electron chi connectivity index (χ4n) is 2.77. The molecule has 1 aromatic carbocycles. The average Bonchev–Trinajstić information content (AvgIpc) is 2.61. The van der Waals surface area contributed by atoms with Gasteiger partial charge in [-0.2, -0.15) is 4.39 Å². The van der Waals surface area contributed by atoms with E-state index in [0.29, 0.717) is 0 Å². The van der Waals surface area contributed by atoms with Crippen molar-refractivity contribution in [3.63, 3.8) is 0 Å². The Bertz CT molecular complexity index is 1110. The number of ether oxygens (including phenoxy) is 2. The molecule has 0 N–H and O–H groups in total. The van der Waals surface area contributed by atoms with Gasteiger partial charge in [0.25, 0.3) is 0 Å². The lowest BCUT2D eigenvalue weighted by Gasteiger charge is -2.23. The molecule has 1 aliphatic rings. The molecule has 0 amide bonds. The zero-order valence-electron chi connectivity index (χ0n) is 12.9. The summed E-state index contributed by atoms with van der Waals surface area (Å²) in [5.41, 5.74) is -1.07. The van der Waals surface area contributed by atoms with Gasteiger partial charge in [-0.05, 0) is 25.1 Å². The van der Waals surface area contributed by atoms with E-state index < -0.39 is 28.8 Å². The van der Waals surface area contributed by atoms with E-state index in [2.05, 4.69) is 4.98 Å². The molecule has 8 heteroatoms. The Labute approximate surface area is 139 Å². The highest BCUT2D eigenvalue weighted by atomic mass is 19.2. The molecule has 6 nitrogen and oxygen atoms in total. The van der Waals surface area contributed by atoms with Gasteiger partial charge in [-0.1, -0.05) is 0 Å². The van der Waals surface area contributed by atoms with Gasteiger partial charge in [0.2, 0.25) is 11.2 Å². The summed E-state index contributed by atoms with van der Waals surface area (Å²) >= 11 is 0. The van der Waals surface area contributed by atoms with Gasteiger partial charge in [-0.15, -0.1) is 0 Å². The van der Waals surface area contributed by atoms with E-state index in [9.17, 15) is 18.4 Å². The van der Waals surface area contributed by atoms with Crippen molar-refractivity contribution in [2.24, 2.45) is 0 Å². The van der Waals surface area contributed by atoms with Gasteiger partial charge >= 0.3 is 5.97 Å². The fourth-order valence-corrected chi connectivity index (χ4v) is 2.77. The Morgan fingerprint density at radius 3 is 2.96 bits per heavy atom. The molecule has 3 heterocycles. The molecule has 0 atom stereocenters. The predicted molar refractivity (Wildman–Crippen MR) is 83.3 cm³/mol. The van der Waals surface area contributed by atoms with Crippen molar-refractivity contribution in [1.82, 2.24) is 9.55 Å². The Kier molecular flexibility index (Phi) is 3.28. The van der Waals surface area contributed by atoms with Gasteiger partial charge in [-0.25, -0.2) is 14.2 Å². The van der Waals surface area contributed by atoms with Crippen LogP contribution in [0, 0.1) is 11.6 Å². The standard InChI is InChI=1S/C17H10F2N2O4/c1-2-24-17(23)9-7-21-13-8(14(9)22)6-10(18)12(19)15(13)25-11-4-3-5-20-16(11)21/h3-7H,2H2,1H3. The zero-order chi connectivity index (χ0) is 17.7. The first-order valence-corrected chi connectivity index (χ1v) is 7.40. The number of hydrogen-bond donors (Lipinski definition) is 0. The molecule has 126 valence electrons. The largest absolute Gasteiger partial charge is 0.462 e. The molecule has 0 radical (unpaired) electrons. The molecule has 0 bridgehead atoms. The summed E-state index contributed by atoms with van der Waals surface area (Å²) in [5.74, 6) is -3.34. The molecule has 25 heavy (non-hydrogen) atoms. The van der Waals surface area contributed by atoms with E-state index in [4.69, 9.17) is 9.47 Å². The summed E-state index contributed by atoms with van der Waals surface area (Å²) in [5, 5.41) is -0.198. The van der Waals surface area contributed by atoms with Crippen molar-refractivity contribution in [3.8, 4) is 17.3 Å². The van der Waals surface area contributed by atoms with Gasteiger partial charge in [0.05, 0.1) is 12.0 Å². The van der Waals surface area contributed by atoms with Gasteiger partial charge < -0.3 is 9.47 Å². The monoisotopic (exact) mass is 344 g/mol. The Balaban J connectivity index is 2.17. The molecule has 0 fully saturated rings. The molecule has 1 aliphatic heterocycles. The van der Waals surface area contributed by atoms with Crippen molar-refractivity contribution >= 4 is 16.9 Å². The maximum atomic E-state index is 14.2. The number of carbonyl (C=O) groups excluding carboxylic acids is 1. The molecular formula is C17H10F2N2O4. The second-order valence-electron chi connectivity index (χ2n) is 5.29. The van der Waals surface area contributed by atoms with Gasteiger partial charge in [0.1, 0.15) is 11.1 Å². The van der Waals surface area contributed by atoms with E-state index in [1.807, 2.05) is 0 Å². The molecule has 2 aromatic heterocycles. The minimum atomic E-state index is -1.25. The molecule has 4 rings (SSSR count). The van der Waals surface area contributed by atoms with Crippen LogP contribution in [-0.2, 0) is 4.74 Å². The molecule has 3 aromatic rings. The van der Waals surface area contributed by atoms with Crippen molar-refractivity contribution in [1.29, 1.82) is 0 Å². The maximum Gasteiger partial charge on any atom is 0.343 e. The average molecular weight is 344 g/mol. The molecule has 0 spiro atoms. The zero-order valence-corrected chi connectivity index (χ0v) is 12.9. The maximum absolute atomic E-state index is 14.2. The quantitative estimate of drug-likeness (QED) is 0.523. The summed E-state index contributed by atoms with van der Waals surface area (Å²) in [6.07, 6.45) is 2.68. The van der Waals surface area contributed by atoms with Crippen molar-refractivity contribution in [2.75, 3.05) is 6.61 Å². The Hall–Kier alpha value is -3.29. The number of aromatic nitrogens is 2. The lowest BCUT2D eigenvalue weighted by Crippen LogP contribution is -2.23. The smallest absolute Gasteiger partial charge is 0.343 e. The predicted octanol–water partition coefficient (Wildman–Crippen LogP) is 2.95. The fraction of sp³-hybridized carbons (Fsp3) is 0.118. The molecule has 0 saturated carbocycles. The van der Waals surface area contributed by atoms with E-state index in [-0.39, 0.29) is 34.6 Å². The SMILES string of the molecule is CCOC(=O)c1cn2c3c(c(F)c(F)cc3c1=O)Oc1cccnc1-2. The number of rotatable bonds is 2. The number of nitrogens with zero attached hydrogens (tertiary/aromatic N) is 2. The first-order chi connectivity index (χ1) is 12.0. The van der Waals surface area contributed by atoms with Crippen LogP contribution in [-0.4, -0.2) is 22.1 Å². The van der Waals surface area contributed by atoms with Crippen LogP contribution in [0.1, 0.15) is 17.3 Å². The first kappa shape index (κ1) is 15.3. The lowest BCUT2D eigenvalue weighted by atomic mass is 10.1. The Morgan fingerprint density at radius 2 is 2.20 bits per heavy atom. The van der Waals surface area contributed by atoms with Crippen molar-refractivity contribution in [2.45, 2.75) is 6.92 Å². The molecular weight excluding hydrogens is 334 g/mol. The normalized spacial score (nSPS) is 11.8.